The number of halogens is 1. The lowest BCUT2D eigenvalue weighted by atomic mass is 9.94. The number of anilines is 1. The van der Waals surface area contributed by atoms with Gasteiger partial charge in [0, 0.05) is 17.7 Å². The van der Waals surface area contributed by atoms with Crippen molar-refractivity contribution in [1.82, 2.24) is 10.2 Å². The first-order chi connectivity index (χ1) is 22.9. The molecule has 1 fully saturated rings. The van der Waals surface area contributed by atoms with E-state index in [-0.39, 0.29) is 28.4 Å². The molecule has 8 nitrogen and oxygen atoms in total. The topological polar surface area (TPSA) is 102 Å². The number of rotatable bonds is 9. The predicted octanol–water partition coefficient (Wildman–Crippen LogP) is 7.50. The maximum Gasteiger partial charge on any atom is 0.301 e. The number of benzene rings is 4. The monoisotopic (exact) mass is 665 g/mol. The molecule has 1 saturated heterocycles. The Hall–Kier alpha value is -5.00. The fraction of sp³-hybridized carbons (Fsp3) is 0.167. The van der Waals surface area contributed by atoms with Crippen molar-refractivity contribution in [3.05, 3.63) is 136 Å². The number of aliphatic hydroxyl groups is 1. The summed E-state index contributed by atoms with van der Waals surface area (Å²) in [6.07, 6.45) is 0.655. The van der Waals surface area contributed by atoms with Crippen molar-refractivity contribution in [1.29, 1.82) is 0 Å². The number of fused-ring (bicyclic) bond motifs is 1. The second-order valence-corrected chi connectivity index (χ2v) is 13.4. The van der Waals surface area contributed by atoms with Gasteiger partial charge >= 0.3 is 5.91 Å². The number of thioether (sulfide) groups is 1. The lowest BCUT2D eigenvalue weighted by Crippen LogP contribution is -2.29. The molecule has 0 saturated carbocycles. The third-order valence-electron chi connectivity index (χ3n) is 7.95. The third-order valence-corrected chi connectivity index (χ3v) is 10.1. The summed E-state index contributed by atoms with van der Waals surface area (Å²) in [5.41, 5.74) is 3.27. The number of nitrogens with zero attached hydrogens (tertiary/aromatic N) is 3. The van der Waals surface area contributed by atoms with Crippen LogP contribution in [0.1, 0.15) is 40.8 Å². The lowest BCUT2D eigenvalue weighted by Gasteiger charge is -2.23. The van der Waals surface area contributed by atoms with Crippen LogP contribution in [0.5, 0.6) is 11.5 Å². The SMILES string of the molecule is C[C@@H]1Cc2cc(C(O)=C3C(=O)C(=O)N(c4nnc(SCc5ccccc5F)s4)[C@H]3c3cccc(OCc4ccccc4)c3)ccc2O1. The van der Waals surface area contributed by atoms with E-state index in [2.05, 4.69) is 10.2 Å². The third kappa shape index (κ3) is 6.24. The number of carbonyl (C=O) groups is 2. The Morgan fingerprint density at radius 2 is 1.83 bits per heavy atom. The van der Waals surface area contributed by atoms with Crippen molar-refractivity contribution < 1.29 is 28.6 Å². The zero-order chi connectivity index (χ0) is 32.5. The molecule has 1 amide bonds. The van der Waals surface area contributed by atoms with Crippen molar-refractivity contribution in [2.24, 2.45) is 0 Å². The van der Waals surface area contributed by atoms with Crippen LogP contribution in [0.3, 0.4) is 0 Å². The molecule has 2 aliphatic heterocycles. The number of Topliss-reactive ketones (excluding diaryl/α,β-unsaturated/α-hetero) is 1. The summed E-state index contributed by atoms with van der Waals surface area (Å²) in [4.78, 5) is 28.8. The van der Waals surface area contributed by atoms with Crippen LogP contribution < -0.4 is 14.4 Å². The predicted molar refractivity (Wildman–Crippen MR) is 178 cm³/mol. The molecular formula is C36H28FN3O5S2. The molecule has 5 aromatic rings. The highest BCUT2D eigenvalue weighted by Gasteiger charge is 2.48. The van der Waals surface area contributed by atoms with Gasteiger partial charge in [-0.2, -0.15) is 0 Å². The first-order valence-corrected chi connectivity index (χ1v) is 16.7. The van der Waals surface area contributed by atoms with Gasteiger partial charge in [-0.25, -0.2) is 4.39 Å². The number of ether oxygens (including phenoxy) is 2. The number of aromatic nitrogens is 2. The van der Waals surface area contributed by atoms with Gasteiger partial charge in [-0.1, -0.05) is 83.8 Å². The molecule has 1 aromatic heterocycles. The minimum atomic E-state index is -1.02. The van der Waals surface area contributed by atoms with Gasteiger partial charge in [-0.05, 0) is 65.6 Å². The Labute approximate surface area is 278 Å². The molecule has 1 N–H and O–H groups in total. The average molecular weight is 666 g/mol. The molecule has 0 radical (unpaired) electrons. The summed E-state index contributed by atoms with van der Waals surface area (Å²) >= 11 is 2.39. The Bertz CT molecular complexity index is 2010. The maximum atomic E-state index is 14.2. The van der Waals surface area contributed by atoms with E-state index >= 15 is 0 Å². The van der Waals surface area contributed by atoms with E-state index in [9.17, 15) is 19.1 Å². The fourth-order valence-electron chi connectivity index (χ4n) is 5.70. The van der Waals surface area contributed by atoms with Gasteiger partial charge in [0.25, 0.3) is 5.78 Å². The molecule has 0 unspecified atom stereocenters. The molecule has 0 spiro atoms. The molecule has 4 aromatic carbocycles. The van der Waals surface area contributed by atoms with Crippen molar-refractivity contribution in [3.8, 4) is 11.5 Å². The van der Waals surface area contributed by atoms with E-state index in [0.29, 0.717) is 45.6 Å². The van der Waals surface area contributed by atoms with E-state index in [1.807, 2.05) is 37.3 Å². The zero-order valence-corrected chi connectivity index (χ0v) is 26.8. The van der Waals surface area contributed by atoms with Gasteiger partial charge in [0.05, 0.1) is 11.6 Å². The smallest absolute Gasteiger partial charge is 0.301 e. The Kier molecular flexibility index (Phi) is 8.48. The van der Waals surface area contributed by atoms with Crippen LogP contribution >= 0.6 is 23.1 Å². The van der Waals surface area contributed by atoms with E-state index < -0.39 is 17.7 Å². The molecule has 2 atom stereocenters. The largest absolute Gasteiger partial charge is 0.507 e. The van der Waals surface area contributed by atoms with E-state index in [1.54, 1.807) is 60.7 Å². The fourth-order valence-corrected chi connectivity index (χ4v) is 7.55. The van der Waals surface area contributed by atoms with Gasteiger partial charge in [-0.3, -0.25) is 14.5 Å². The minimum Gasteiger partial charge on any atom is -0.507 e. The quantitative estimate of drug-likeness (QED) is 0.0568. The first-order valence-electron chi connectivity index (χ1n) is 14.9. The van der Waals surface area contributed by atoms with E-state index in [1.165, 1.54) is 22.7 Å². The van der Waals surface area contributed by atoms with Gasteiger partial charge in [0.15, 0.2) is 4.34 Å². The van der Waals surface area contributed by atoms with Crippen LogP contribution in [0.15, 0.2) is 107 Å². The van der Waals surface area contributed by atoms with E-state index in [4.69, 9.17) is 9.47 Å². The molecular weight excluding hydrogens is 638 g/mol. The maximum absolute atomic E-state index is 14.2. The Balaban J connectivity index is 1.26. The van der Waals surface area contributed by atoms with Crippen LogP contribution in [0.2, 0.25) is 0 Å². The van der Waals surface area contributed by atoms with Crippen LogP contribution in [-0.2, 0) is 28.4 Å². The zero-order valence-electron chi connectivity index (χ0n) is 25.1. The van der Waals surface area contributed by atoms with Crippen molar-refractivity contribution >= 4 is 45.7 Å². The highest BCUT2D eigenvalue weighted by atomic mass is 32.2. The first kappa shape index (κ1) is 30.6. The average Bonchev–Trinajstić information content (AvgIpc) is 3.78. The van der Waals surface area contributed by atoms with Crippen LogP contribution in [0.25, 0.3) is 5.76 Å². The molecule has 2 aliphatic rings. The molecule has 0 bridgehead atoms. The number of carbonyl (C=O) groups excluding carboxylic acids is 2. The minimum absolute atomic E-state index is 0.00514. The number of hydrogen-bond acceptors (Lipinski definition) is 9. The molecule has 11 heteroatoms. The van der Waals surface area contributed by atoms with Gasteiger partial charge in [0.1, 0.15) is 35.8 Å². The second-order valence-electron chi connectivity index (χ2n) is 11.2. The standard InChI is InChI=1S/C36H28FN3O5S2/c1-21-16-26-17-24(14-15-29(26)45-21)32(41)30-31(23-11-7-12-27(18-23)44-19-22-8-3-2-4-9-22)40(34(43)33(30)42)35-38-39-36(47-35)46-20-25-10-5-6-13-28(25)37/h2-15,17-18,21,31,41H,16,19-20H2,1H3/t21-,31+/m1/s1. The van der Waals surface area contributed by atoms with Crippen LogP contribution in [0, 0.1) is 5.82 Å². The summed E-state index contributed by atoms with van der Waals surface area (Å²) in [7, 11) is 0. The number of aliphatic hydroxyl groups excluding tert-OH is 1. The van der Waals surface area contributed by atoms with Gasteiger partial charge < -0.3 is 14.6 Å². The van der Waals surface area contributed by atoms with Crippen LogP contribution in [-0.4, -0.2) is 33.1 Å². The van der Waals surface area contributed by atoms with Gasteiger partial charge in [0.2, 0.25) is 5.13 Å². The molecule has 7 rings (SSSR count). The van der Waals surface area contributed by atoms with Crippen LogP contribution in [0.4, 0.5) is 9.52 Å². The summed E-state index contributed by atoms with van der Waals surface area (Å²) in [6.45, 7) is 2.28. The summed E-state index contributed by atoms with van der Waals surface area (Å²) in [6, 6.07) is 27.5. The van der Waals surface area contributed by atoms with Crippen molar-refractivity contribution in [2.45, 2.75) is 42.2 Å². The second kappa shape index (κ2) is 13.0. The summed E-state index contributed by atoms with van der Waals surface area (Å²) in [5.74, 6) is -0.742. The molecule has 3 heterocycles. The summed E-state index contributed by atoms with van der Waals surface area (Å²) < 4.78 is 26.6. The van der Waals surface area contributed by atoms with Crippen molar-refractivity contribution in [3.63, 3.8) is 0 Å². The van der Waals surface area contributed by atoms with E-state index in [0.717, 1.165) is 28.2 Å². The highest BCUT2D eigenvalue weighted by Crippen LogP contribution is 2.45. The highest BCUT2D eigenvalue weighted by molar-refractivity contribution is 8.00. The lowest BCUT2D eigenvalue weighted by molar-refractivity contribution is -0.132. The number of ketones is 1. The Morgan fingerprint density at radius 3 is 2.66 bits per heavy atom. The molecule has 47 heavy (non-hydrogen) atoms. The number of amides is 1. The summed E-state index contributed by atoms with van der Waals surface area (Å²) in [5, 5.41) is 20.4. The number of hydrogen-bond donors (Lipinski definition) is 1. The normalized spacial score (nSPS) is 18.3. The van der Waals surface area contributed by atoms with Crippen molar-refractivity contribution in [2.75, 3.05) is 4.90 Å². The molecule has 0 aliphatic carbocycles. The molecule has 236 valence electrons. The Morgan fingerprint density at radius 1 is 1.02 bits per heavy atom. The van der Waals surface area contributed by atoms with Gasteiger partial charge in [-0.15, -0.1) is 10.2 Å².